The predicted molar refractivity (Wildman–Crippen MR) is 57.3 cm³/mol. The van der Waals surface area contributed by atoms with Gasteiger partial charge in [0, 0.05) is 17.6 Å². The summed E-state index contributed by atoms with van der Waals surface area (Å²) in [7, 11) is 0. The number of amides is 1. The average Bonchev–Trinajstić information content (AvgIpc) is 2.02. The maximum absolute atomic E-state index is 10.7. The minimum Gasteiger partial charge on any atom is -0.333 e. The molecule has 0 saturated heterocycles. The lowest BCUT2D eigenvalue weighted by atomic mass is 9.94. The van der Waals surface area contributed by atoms with E-state index in [1.807, 2.05) is 0 Å². The smallest absolute Gasteiger partial charge is 0.220 e. The molecular weight excluding hydrogens is 230 g/mol. The molecule has 0 spiro atoms. The van der Waals surface area contributed by atoms with Crippen LogP contribution < -0.4 is 5.32 Å². The summed E-state index contributed by atoms with van der Waals surface area (Å²) in [6.45, 7) is 3.70. The third-order valence-electron chi connectivity index (χ3n) is 2.06. The first-order chi connectivity index (χ1) is 6.09. The minimum absolute atomic E-state index is 0.0218. The lowest BCUT2D eigenvalue weighted by molar-refractivity contribution is -0.118. The summed E-state index contributed by atoms with van der Waals surface area (Å²) < 4.78 is 1.11. The molecule has 1 amide bonds. The third kappa shape index (κ3) is 3.35. The van der Waals surface area contributed by atoms with E-state index in [-0.39, 0.29) is 5.91 Å². The van der Waals surface area contributed by atoms with E-state index < -0.39 is 0 Å². The zero-order valence-corrected chi connectivity index (χ0v) is 9.52. The van der Waals surface area contributed by atoms with Crippen LogP contribution in [0.4, 0.5) is 0 Å². The molecule has 0 aliphatic heterocycles. The maximum atomic E-state index is 10.7. The standard InChI is InChI=1S/C10H14BrNO/c1-7-3-4-9(10(11)5-7)6-12-8(2)13/h5-7H,3-4H2,1-2H3,(H,12,13)/b9-6-/t7-/m0/s1. The fraction of sp³-hybridized carbons (Fsp3) is 0.500. The van der Waals surface area contributed by atoms with E-state index in [0.717, 1.165) is 17.3 Å². The van der Waals surface area contributed by atoms with Gasteiger partial charge >= 0.3 is 0 Å². The van der Waals surface area contributed by atoms with Gasteiger partial charge in [-0.05, 0) is 24.3 Å². The Morgan fingerprint density at radius 2 is 2.46 bits per heavy atom. The molecule has 0 bridgehead atoms. The Bertz CT molecular complexity index is 268. The van der Waals surface area contributed by atoms with Crippen LogP contribution in [0.3, 0.4) is 0 Å². The van der Waals surface area contributed by atoms with Crippen LogP contribution in [0.2, 0.25) is 0 Å². The van der Waals surface area contributed by atoms with Crippen molar-refractivity contribution < 1.29 is 4.79 Å². The van der Waals surface area contributed by atoms with Crippen LogP contribution in [-0.2, 0) is 4.79 Å². The maximum Gasteiger partial charge on any atom is 0.220 e. The molecule has 0 saturated carbocycles. The number of rotatable bonds is 1. The van der Waals surface area contributed by atoms with Crippen molar-refractivity contribution >= 4 is 21.8 Å². The lowest BCUT2D eigenvalue weighted by Gasteiger charge is -2.17. The van der Waals surface area contributed by atoms with Gasteiger partial charge in [-0.3, -0.25) is 4.79 Å². The zero-order valence-electron chi connectivity index (χ0n) is 7.93. The Morgan fingerprint density at radius 3 is 3.00 bits per heavy atom. The number of carbonyl (C=O) groups excluding carboxylic acids is 1. The molecule has 0 aromatic heterocycles. The molecule has 72 valence electrons. The summed E-state index contributed by atoms with van der Waals surface area (Å²) >= 11 is 3.49. The van der Waals surface area contributed by atoms with E-state index in [0.29, 0.717) is 5.92 Å². The Labute approximate surface area is 87.2 Å². The monoisotopic (exact) mass is 243 g/mol. The molecule has 2 nitrogen and oxygen atoms in total. The molecule has 0 radical (unpaired) electrons. The molecular formula is C10H14BrNO. The first kappa shape index (κ1) is 10.5. The normalized spacial score (nSPS) is 25.6. The van der Waals surface area contributed by atoms with Crippen LogP contribution >= 0.6 is 15.9 Å². The molecule has 13 heavy (non-hydrogen) atoms. The van der Waals surface area contributed by atoms with Gasteiger partial charge in [-0.2, -0.15) is 0 Å². The number of allylic oxidation sites excluding steroid dienone is 3. The topological polar surface area (TPSA) is 29.1 Å². The molecule has 0 fully saturated rings. The second-order valence-electron chi connectivity index (χ2n) is 3.40. The first-order valence-corrected chi connectivity index (χ1v) is 5.22. The van der Waals surface area contributed by atoms with Crippen molar-refractivity contribution in [1.29, 1.82) is 0 Å². The van der Waals surface area contributed by atoms with Crippen LogP contribution in [0.15, 0.2) is 22.3 Å². The van der Waals surface area contributed by atoms with Gasteiger partial charge in [0.1, 0.15) is 0 Å². The third-order valence-corrected chi connectivity index (χ3v) is 2.83. The molecule has 1 rings (SSSR count). The van der Waals surface area contributed by atoms with E-state index in [9.17, 15) is 4.79 Å². The van der Waals surface area contributed by atoms with E-state index >= 15 is 0 Å². The zero-order chi connectivity index (χ0) is 9.84. The Kier molecular flexibility index (Phi) is 3.72. The summed E-state index contributed by atoms with van der Waals surface area (Å²) in [5.74, 6) is 0.607. The van der Waals surface area contributed by atoms with Gasteiger partial charge in [0.15, 0.2) is 0 Å². The van der Waals surface area contributed by atoms with Crippen molar-refractivity contribution in [3.8, 4) is 0 Å². The van der Waals surface area contributed by atoms with Crippen molar-refractivity contribution in [3.05, 3.63) is 22.3 Å². The van der Waals surface area contributed by atoms with Crippen LogP contribution in [0.1, 0.15) is 26.7 Å². The summed E-state index contributed by atoms with van der Waals surface area (Å²) in [5.41, 5.74) is 1.17. The first-order valence-electron chi connectivity index (χ1n) is 4.43. The van der Waals surface area contributed by atoms with E-state index in [4.69, 9.17) is 0 Å². The molecule has 0 aromatic rings. The summed E-state index contributed by atoms with van der Waals surface area (Å²) in [6, 6.07) is 0. The summed E-state index contributed by atoms with van der Waals surface area (Å²) in [6.07, 6.45) is 6.14. The lowest BCUT2D eigenvalue weighted by Crippen LogP contribution is -2.14. The van der Waals surface area contributed by atoms with Gasteiger partial charge in [-0.15, -0.1) is 0 Å². The van der Waals surface area contributed by atoms with E-state index in [1.165, 1.54) is 12.5 Å². The molecule has 0 aromatic carbocycles. The highest BCUT2D eigenvalue weighted by Gasteiger charge is 2.12. The number of halogens is 1. The quantitative estimate of drug-likeness (QED) is 0.754. The molecule has 0 heterocycles. The summed E-state index contributed by atoms with van der Waals surface area (Å²) in [4.78, 5) is 10.7. The molecule has 1 atom stereocenters. The van der Waals surface area contributed by atoms with Crippen LogP contribution in [0, 0.1) is 5.92 Å². The molecule has 1 aliphatic carbocycles. The number of hydrogen-bond acceptors (Lipinski definition) is 1. The Hall–Kier alpha value is -0.570. The molecule has 1 aliphatic rings. The predicted octanol–water partition coefficient (Wildman–Crippen LogP) is 2.72. The minimum atomic E-state index is -0.0218. The largest absolute Gasteiger partial charge is 0.333 e. The average molecular weight is 244 g/mol. The van der Waals surface area contributed by atoms with Gasteiger partial charge in [0.25, 0.3) is 0 Å². The molecule has 0 unspecified atom stereocenters. The van der Waals surface area contributed by atoms with Gasteiger partial charge in [0.05, 0.1) is 0 Å². The van der Waals surface area contributed by atoms with Crippen molar-refractivity contribution in [2.75, 3.05) is 0 Å². The fourth-order valence-electron chi connectivity index (χ4n) is 1.27. The molecule has 3 heteroatoms. The highest BCUT2D eigenvalue weighted by molar-refractivity contribution is 9.12. The Balaban J connectivity index is 2.66. The van der Waals surface area contributed by atoms with Crippen LogP contribution in [0.5, 0.6) is 0 Å². The highest BCUT2D eigenvalue weighted by atomic mass is 79.9. The summed E-state index contributed by atoms with van der Waals surface area (Å²) in [5, 5.41) is 2.69. The number of carbonyl (C=O) groups is 1. The number of nitrogens with one attached hydrogen (secondary N) is 1. The van der Waals surface area contributed by atoms with Gasteiger partial charge in [-0.1, -0.05) is 28.9 Å². The molecule has 1 N–H and O–H groups in total. The van der Waals surface area contributed by atoms with Gasteiger partial charge in [-0.25, -0.2) is 0 Å². The fourth-order valence-corrected chi connectivity index (χ4v) is 2.04. The van der Waals surface area contributed by atoms with E-state index in [2.05, 4.69) is 34.2 Å². The van der Waals surface area contributed by atoms with Crippen molar-refractivity contribution in [2.24, 2.45) is 5.92 Å². The van der Waals surface area contributed by atoms with Crippen molar-refractivity contribution in [2.45, 2.75) is 26.7 Å². The van der Waals surface area contributed by atoms with Crippen molar-refractivity contribution in [3.63, 3.8) is 0 Å². The van der Waals surface area contributed by atoms with Gasteiger partial charge < -0.3 is 5.32 Å². The Morgan fingerprint density at radius 1 is 1.77 bits per heavy atom. The van der Waals surface area contributed by atoms with Crippen LogP contribution in [0.25, 0.3) is 0 Å². The number of hydrogen-bond donors (Lipinski definition) is 1. The van der Waals surface area contributed by atoms with Crippen molar-refractivity contribution in [1.82, 2.24) is 5.32 Å². The SMILES string of the molecule is CC(=O)N/C=C1/CC[C@H](C)C=C1Br. The van der Waals surface area contributed by atoms with E-state index in [1.54, 1.807) is 6.20 Å². The second kappa shape index (κ2) is 4.61. The highest BCUT2D eigenvalue weighted by Crippen LogP contribution is 2.30. The van der Waals surface area contributed by atoms with Crippen LogP contribution in [-0.4, -0.2) is 5.91 Å². The van der Waals surface area contributed by atoms with Gasteiger partial charge in [0.2, 0.25) is 5.91 Å². The second-order valence-corrected chi connectivity index (χ2v) is 4.25.